The first-order valence-corrected chi connectivity index (χ1v) is 11.7. The summed E-state index contributed by atoms with van der Waals surface area (Å²) in [5.41, 5.74) is 0.499. The van der Waals surface area contributed by atoms with Gasteiger partial charge in [0.05, 0.1) is 4.90 Å². The topological polar surface area (TPSA) is 79.0 Å². The number of sulfonamides is 1. The number of nitrogens with zero attached hydrogens (tertiary/aromatic N) is 2. The zero-order valence-electron chi connectivity index (χ0n) is 17.5. The Balaban J connectivity index is 1.48. The van der Waals surface area contributed by atoms with E-state index in [-0.39, 0.29) is 16.8 Å². The van der Waals surface area contributed by atoms with Gasteiger partial charge in [-0.05, 0) is 50.2 Å². The molecule has 2 aromatic rings. The minimum Gasteiger partial charge on any atom is -0.492 e. The number of para-hydroxylation sites is 1. The lowest BCUT2D eigenvalue weighted by molar-refractivity contribution is 0.0620. The number of rotatable bonds is 8. The van der Waals surface area contributed by atoms with Crippen molar-refractivity contribution in [3.63, 3.8) is 0 Å². The van der Waals surface area contributed by atoms with Gasteiger partial charge in [-0.2, -0.15) is 0 Å². The molecule has 1 heterocycles. The smallest absolute Gasteiger partial charge is 0.253 e. The minimum absolute atomic E-state index is 0.0732. The van der Waals surface area contributed by atoms with Gasteiger partial charge in [0.1, 0.15) is 12.4 Å². The molecule has 1 fully saturated rings. The van der Waals surface area contributed by atoms with Gasteiger partial charge in [0, 0.05) is 44.3 Å². The van der Waals surface area contributed by atoms with Crippen LogP contribution in [-0.2, 0) is 10.0 Å². The van der Waals surface area contributed by atoms with E-state index < -0.39 is 10.0 Å². The van der Waals surface area contributed by atoms with Crippen molar-refractivity contribution in [2.75, 3.05) is 39.3 Å². The van der Waals surface area contributed by atoms with Gasteiger partial charge in [-0.1, -0.05) is 18.2 Å². The van der Waals surface area contributed by atoms with Gasteiger partial charge in [0.25, 0.3) is 5.91 Å². The van der Waals surface area contributed by atoms with E-state index in [0.29, 0.717) is 25.3 Å². The average molecular weight is 432 g/mol. The number of carbonyl (C=O) groups is 1. The van der Waals surface area contributed by atoms with Crippen LogP contribution in [0.4, 0.5) is 0 Å². The van der Waals surface area contributed by atoms with Crippen LogP contribution in [0.5, 0.6) is 5.75 Å². The summed E-state index contributed by atoms with van der Waals surface area (Å²) < 4.78 is 32.7. The monoisotopic (exact) mass is 431 g/mol. The highest BCUT2D eigenvalue weighted by molar-refractivity contribution is 7.89. The highest BCUT2D eigenvalue weighted by atomic mass is 32.2. The highest BCUT2D eigenvalue weighted by Crippen LogP contribution is 2.14. The highest BCUT2D eigenvalue weighted by Gasteiger charge is 2.23. The van der Waals surface area contributed by atoms with E-state index in [4.69, 9.17) is 4.74 Å². The first-order valence-electron chi connectivity index (χ1n) is 10.2. The van der Waals surface area contributed by atoms with Crippen LogP contribution >= 0.6 is 0 Å². The minimum atomic E-state index is -3.56. The molecule has 1 N–H and O–H groups in total. The fourth-order valence-corrected chi connectivity index (χ4v) is 4.57. The average Bonchev–Trinajstić information content (AvgIpc) is 2.74. The Labute approximate surface area is 178 Å². The number of carbonyl (C=O) groups excluding carboxylic acids is 1. The van der Waals surface area contributed by atoms with Gasteiger partial charge in [0.2, 0.25) is 10.0 Å². The van der Waals surface area contributed by atoms with E-state index >= 15 is 0 Å². The molecule has 8 heteroatoms. The number of ether oxygens (including phenoxy) is 1. The Morgan fingerprint density at radius 2 is 1.63 bits per heavy atom. The fourth-order valence-electron chi connectivity index (χ4n) is 3.32. The van der Waals surface area contributed by atoms with Crippen LogP contribution in [0.15, 0.2) is 59.5 Å². The predicted molar refractivity (Wildman–Crippen MR) is 116 cm³/mol. The Bertz CT molecular complexity index is 923. The van der Waals surface area contributed by atoms with Crippen LogP contribution in [0.3, 0.4) is 0 Å². The normalized spacial score (nSPS) is 15.4. The van der Waals surface area contributed by atoms with Gasteiger partial charge >= 0.3 is 0 Å². The summed E-state index contributed by atoms with van der Waals surface area (Å²) in [7, 11) is -3.56. The standard InChI is InChI=1S/C22H29N3O4S/c1-18(2)23-30(27,28)21-10-8-19(9-11-21)22(26)25-14-12-24(13-15-25)16-17-29-20-6-4-3-5-7-20/h3-11,18,23H,12-17H2,1-2H3. The van der Waals surface area contributed by atoms with Crippen LogP contribution < -0.4 is 9.46 Å². The summed E-state index contributed by atoms with van der Waals surface area (Å²) in [6.07, 6.45) is 0. The van der Waals surface area contributed by atoms with E-state index in [2.05, 4.69) is 9.62 Å². The third kappa shape index (κ3) is 6.04. The lowest BCUT2D eigenvalue weighted by Gasteiger charge is -2.34. The first-order chi connectivity index (χ1) is 14.3. The molecule has 0 bridgehead atoms. The van der Waals surface area contributed by atoms with Crippen molar-refractivity contribution in [1.29, 1.82) is 0 Å². The molecule has 0 unspecified atom stereocenters. The Morgan fingerprint density at radius 1 is 1.00 bits per heavy atom. The second-order valence-electron chi connectivity index (χ2n) is 7.60. The Kier molecular flexibility index (Phi) is 7.47. The molecule has 2 aromatic carbocycles. The molecule has 1 aliphatic rings. The molecule has 7 nitrogen and oxygen atoms in total. The molecule has 0 radical (unpaired) electrons. The lowest BCUT2D eigenvalue weighted by Crippen LogP contribution is -2.49. The van der Waals surface area contributed by atoms with Crippen LogP contribution in [0.1, 0.15) is 24.2 Å². The summed E-state index contributed by atoms with van der Waals surface area (Å²) >= 11 is 0. The molecule has 1 aliphatic heterocycles. The van der Waals surface area contributed by atoms with Crippen LogP contribution in [0.2, 0.25) is 0 Å². The van der Waals surface area contributed by atoms with Crippen molar-refractivity contribution in [2.24, 2.45) is 0 Å². The maximum atomic E-state index is 12.8. The number of nitrogens with one attached hydrogen (secondary N) is 1. The molecular formula is C22H29N3O4S. The molecule has 0 aromatic heterocycles. The Hall–Kier alpha value is -2.42. The van der Waals surface area contributed by atoms with E-state index in [0.717, 1.165) is 25.4 Å². The van der Waals surface area contributed by atoms with Crippen molar-refractivity contribution in [3.8, 4) is 5.75 Å². The molecule has 162 valence electrons. The van der Waals surface area contributed by atoms with Gasteiger partial charge in [-0.3, -0.25) is 9.69 Å². The Morgan fingerprint density at radius 3 is 2.23 bits per heavy atom. The number of benzene rings is 2. The predicted octanol–water partition coefficient (Wildman–Crippen LogP) is 2.21. The molecule has 0 aliphatic carbocycles. The van der Waals surface area contributed by atoms with Gasteiger partial charge in [-0.25, -0.2) is 13.1 Å². The number of amides is 1. The van der Waals surface area contributed by atoms with Gasteiger partial charge in [-0.15, -0.1) is 0 Å². The van der Waals surface area contributed by atoms with E-state index in [1.54, 1.807) is 26.0 Å². The van der Waals surface area contributed by atoms with Crippen molar-refractivity contribution in [1.82, 2.24) is 14.5 Å². The number of hydrogen-bond donors (Lipinski definition) is 1. The third-order valence-electron chi connectivity index (χ3n) is 4.88. The summed E-state index contributed by atoms with van der Waals surface area (Å²) in [5.74, 6) is 0.788. The number of piperazine rings is 1. The summed E-state index contributed by atoms with van der Waals surface area (Å²) in [6, 6.07) is 15.7. The SMILES string of the molecule is CC(C)NS(=O)(=O)c1ccc(C(=O)N2CCN(CCOc3ccccc3)CC2)cc1. The van der Waals surface area contributed by atoms with E-state index in [1.807, 2.05) is 35.2 Å². The molecule has 0 atom stereocenters. The van der Waals surface area contributed by atoms with Crippen LogP contribution in [0.25, 0.3) is 0 Å². The molecule has 0 saturated carbocycles. The van der Waals surface area contributed by atoms with Crippen LogP contribution in [0, 0.1) is 0 Å². The molecular weight excluding hydrogens is 402 g/mol. The molecule has 3 rings (SSSR count). The summed E-state index contributed by atoms with van der Waals surface area (Å²) in [4.78, 5) is 17.0. The van der Waals surface area contributed by atoms with E-state index in [1.165, 1.54) is 12.1 Å². The summed E-state index contributed by atoms with van der Waals surface area (Å²) in [5, 5.41) is 0. The third-order valence-corrected chi connectivity index (χ3v) is 6.56. The quantitative estimate of drug-likeness (QED) is 0.693. The molecule has 1 saturated heterocycles. The molecule has 1 amide bonds. The maximum absolute atomic E-state index is 12.8. The zero-order chi connectivity index (χ0) is 21.6. The lowest BCUT2D eigenvalue weighted by atomic mass is 10.2. The number of hydrogen-bond acceptors (Lipinski definition) is 5. The molecule has 0 spiro atoms. The summed E-state index contributed by atoms with van der Waals surface area (Å²) in [6.45, 7) is 7.80. The second kappa shape index (κ2) is 10.1. The van der Waals surface area contributed by atoms with Crippen molar-refractivity contribution >= 4 is 15.9 Å². The van der Waals surface area contributed by atoms with Crippen molar-refractivity contribution in [3.05, 3.63) is 60.2 Å². The van der Waals surface area contributed by atoms with Gasteiger partial charge < -0.3 is 9.64 Å². The van der Waals surface area contributed by atoms with E-state index in [9.17, 15) is 13.2 Å². The van der Waals surface area contributed by atoms with Crippen LogP contribution in [-0.4, -0.2) is 69.5 Å². The maximum Gasteiger partial charge on any atom is 0.253 e. The zero-order valence-corrected chi connectivity index (χ0v) is 18.3. The van der Waals surface area contributed by atoms with Crippen molar-refractivity contribution in [2.45, 2.75) is 24.8 Å². The molecule has 30 heavy (non-hydrogen) atoms. The first kappa shape index (κ1) is 22.3. The van der Waals surface area contributed by atoms with Crippen molar-refractivity contribution < 1.29 is 17.9 Å². The second-order valence-corrected chi connectivity index (χ2v) is 9.31. The fraction of sp³-hybridized carbons (Fsp3) is 0.409. The largest absolute Gasteiger partial charge is 0.492 e. The van der Waals surface area contributed by atoms with Gasteiger partial charge in [0.15, 0.2) is 0 Å².